The minimum Gasteiger partial charge on any atom is -0.204 e. The molecule has 0 amide bonds. The zero-order valence-corrected chi connectivity index (χ0v) is 9.68. The third kappa shape index (κ3) is 3.22. The van der Waals surface area contributed by atoms with Gasteiger partial charge < -0.3 is 0 Å². The van der Waals surface area contributed by atoms with E-state index in [4.69, 9.17) is 6.42 Å². The fourth-order valence-corrected chi connectivity index (χ4v) is 1.74. The molecule has 1 aromatic rings. The molecule has 0 spiro atoms. The van der Waals surface area contributed by atoms with E-state index >= 15 is 0 Å². The first-order chi connectivity index (χ1) is 7.88. The van der Waals surface area contributed by atoms with Crippen molar-refractivity contribution in [3.8, 4) is 12.3 Å². The highest BCUT2D eigenvalue weighted by Gasteiger charge is 2.17. The summed E-state index contributed by atoms with van der Waals surface area (Å²) in [5, 5.41) is 0. The number of benzene rings is 1. The summed E-state index contributed by atoms with van der Waals surface area (Å²) in [6.07, 6.45) is 4.91. The van der Waals surface area contributed by atoms with Crippen molar-refractivity contribution in [2.75, 3.05) is 13.6 Å². The summed E-state index contributed by atoms with van der Waals surface area (Å²) in [5.74, 6) is -0.138. The smallest absolute Gasteiger partial charge is 0.204 e. The standard InChI is InChI=1S/C10H9F3N2OS/c1-3-7-15(2)17(13,16)14-10-8(11)5-4-6-9(10)12/h1,4-6H,7H2,2H3. The molecule has 0 heterocycles. The number of hydrogen-bond donors (Lipinski definition) is 0. The molecule has 0 N–H and O–H groups in total. The molecule has 0 radical (unpaired) electrons. The first-order valence-corrected chi connectivity index (χ1v) is 5.81. The van der Waals surface area contributed by atoms with E-state index in [-0.39, 0.29) is 6.54 Å². The van der Waals surface area contributed by atoms with Crippen molar-refractivity contribution in [2.45, 2.75) is 0 Å². The molecule has 0 saturated heterocycles. The molecule has 0 aromatic heterocycles. The average molecular weight is 262 g/mol. The summed E-state index contributed by atoms with van der Waals surface area (Å²) in [5.41, 5.74) is -0.913. The van der Waals surface area contributed by atoms with Gasteiger partial charge in [-0.25, -0.2) is 8.78 Å². The monoisotopic (exact) mass is 262 g/mol. The summed E-state index contributed by atoms with van der Waals surface area (Å²) in [4.78, 5) is 0. The zero-order chi connectivity index (χ0) is 13.1. The predicted octanol–water partition coefficient (Wildman–Crippen LogP) is 2.43. The van der Waals surface area contributed by atoms with Gasteiger partial charge in [-0.2, -0.15) is 12.9 Å². The Bertz CT molecular complexity index is 553. The average Bonchev–Trinajstić information content (AvgIpc) is 2.24. The minimum absolute atomic E-state index is 0.297. The number of rotatable bonds is 3. The van der Waals surface area contributed by atoms with E-state index in [1.54, 1.807) is 0 Å². The first-order valence-electron chi connectivity index (χ1n) is 4.44. The van der Waals surface area contributed by atoms with Gasteiger partial charge in [-0.1, -0.05) is 12.0 Å². The highest BCUT2D eigenvalue weighted by Crippen LogP contribution is 2.24. The zero-order valence-electron chi connectivity index (χ0n) is 8.86. The van der Waals surface area contributed by atoms with Crippen molar-refractivity contribution in [3.63, 3.8) is 0 Å². The first kappa shape index (κ1) is 13.5. The van der Waals surface area contributed by atoms with Crippen LogP contribution < -0.4 is 0 Å². The van der Waals surface area contributed by atoms with E-state index in [1.165, 1.54) is 0 Å². The van der Waals surface area contributed by atoms with Crippen LogP contribution in [0.5, 0.6) is 0 Å². The lowest BCUT2D eigenvalue weighted by molar-refractivity contribution is 0.521. The molecule has 0 bridgehead atoms. The summed E-state index contributed by atoms with van der Waals surface area (Å²) in [6.45, 7) is -0.297. The van der Waals surface area contributed by atoms with Crippen LogP contribution in [-0.4, -0.2) is 22.1 Å². The van der Waals surface area contributed by atoms with Gasteiger partial charge in [-0.05, 0) is 12.1 Å². The number of hydrogen-bond acceptors (Lipinski definition) is 2. The van der Waals surface area contributed by atoms with Crippen LogP contribution in [0.3, 0.4) is 0 Å². The highest BCUT2D eigenvalue weighted by molar-refractivity contribution is 7.86. The van der Waals surface area contributed by atoms with Crippen molar-refractivity contribution in [1.29, 1.82) is 0 Å². The van der Waals surface area contributed by atoms with E-state index in [1.807, 2.05) is 5.92 Å². The van der Waals surface area contributed by atoms with Crippen molar-refractivity contribution < 1.29 is 16.9 Å². The van der Waals surface area contributed by atoms with Crippen LogP contribution in [-0.2, 0) is 10.3 Å². The molecule has 7 heteroatoms. The minimum atomic E-state index is -4.43. The molecular formula is C10H9F3N2OS. The van der Waals surface area contributed by atoms with Crippen LogP contribution in [0.2, 0.25) is 0 Å². The topological polar surface area (TPSA) is 32.7 Å². The summed E-state index contributed by atoms with van der Waals surface area (Å²) in [7, 11) is -3.33. The van der Waals surface area contributed by atoms with E-state index in [0.717, 1.165) is 25.2 Å². The second-order valence-corrected chi connectivity index (χ2v) is 4.75. The van der Waals surface area contributed by atoms with Crippen LogP contribution in [0.1, 0.15) is 0 Å². The molecule has 0 aliphatic carbocycles. The van der Waals surface area contributed by atoms with Gasteiger partial charge in [0.05, 0.1) is 6.54 Å². The van der Waals surface area contributed by atoms with Gasteiger partial charge >= 0.3 is 0 Å². The van der Waals surface area contributed by atoms with Gasteiger partial charge in [0, 0.05) is 7.05 Å². The van der Waals surface area contributed by atoms with Gasteiger partial charge in [0.15, 0.2) is 11.6 Å². The molecule has 0 saturated carbocycles. The molecule has 1 atom stereocenters. The lowest BCUT2D eigenvalue weighted by atomic mass is 10.3. The van der Waals surface area contributed by atoms with Crippen LogP contribution in [0.4, 0.5) is 18.4 Å². The van der Waals surface area contributed by atoms with Crippen LogP contribution in [0, 0.1) is 24.0 Å². The van der Waals surface area contributed by atoms with E-state index in [2.05, 4.69) is 4.36 Å². The largest absolute Gasteiger partial charge is 0.276 e. The third-order valence-corrected chi connectivity index (χ3v) is 3.15. The Morgan fingerprint density at radius 2 is 2.00 bits per heavy atom. The Morgan fingerprint density at radius 3 is 2.47 bits per heavy atom. The van der Waals surface area contributed by atoms with Gasteiger partial charge in [0.2, 0.25) is 0 Å². The molecule has 3 nitrogen and oxygen atoms in total. The lowest BCUT2D eigenvalue weighted by Crippen LogP contribution is -2.22. The van der Waals surface area contributed by atoms with Crippen LogP contribution in [0.25, 0.3) is 0 Å². The molecule has 1 rings (SSSR count). The Morgan fingerprint density at radius 1 is 1.47 bits per heavy atom. The van der Waals surface area contributed by atoms with E-state index in [0.29, 0.717) is 4.31 Å². The van der Waals surface area contributed by atoms with E-state index < -0.39 is 27.6 Å². The highest BCUT2D eigenvalue weighted by atomic mass is 32.3. The van der Waals surface area contributed by atoms with Crippen LogP contribution >= 0.6 is 0 Å². The van der Waals surface area contributed by atoms with Gasteiger partial charge in [0.1, 0.15) is 5.69 Å². The quantitative estimate of drug-likeness (QED) is 0.608. The SMILES string of the molecule is C#CCN(C)S(=O)(F)=Nc1c(F)cccc1F. The molecule has 1 unspecified atom stereocenters. The van der Waals surface area contributed by atoms with Gasteiger partial charge in [0.25, 0.3) is 10.3 Å². The Balaban J connectivity index is 3.28. The van der Waals surface area contributed by atoms with Crippen LogP contribution in [0.15, 0.2) is 22.6 Å². The Hall–Kier alpha value is -1.52. The molecule has 0 fully saturated rings. The maximum atomic E-state index is 13.6. The lowest BCUT2D eigenvalue weighted by Gasteiger charge is -2.11. The normalized spacial score (nSPS) is 14.1. The maximum Gasteiger partial charge on any atom is 0.276 e. The fourth-order valence-electron chi connectivity index (χ4n) is 0.967. The fraction of sp³-hybridized carbons (Fsp3) is 0.200. The Labute approximate surface area is 97.9 Å². The van der Waals surface area contributed by atoms with Crippen molar-refractivity contribution in [1.82, 2.24) is 4.31 Å². The van der Waals surface area contributed by atoms with Gasteiger partial charge in [-0.15, -0.1) is 10.3 Å². The number of nitrogens with zero attached hydrogens (tertiary/aromatic N) is 2. The molecule has 1 aromatic carbocycles. The van der Waals surface area contributed by atoms with Crippen molar-refractivity contribution in [2.24, 2.45) is 4.36 Å². The molecular weight excluding hydrogens is 253 g/mol. The summed E-state index contributed by atoms with van der Waals surface area (Å²) >= 11 is 0. The Kier molecular flexibility index (Phi) is 4.15. The summed E-state index contributed by atoms with van der Waals surface area (Å²) < 4.78 is 54.8. The molecule has 0 aliphatic heterocycles. The van der Waals surface area contributed by atoms with Crippen molar-refractivity contribution in [3.05, 3.63) is 29.8 Å². The molecule has 17 heavy (non-hydrogen) atoms. The second kappa shape index (κ2) is 5.21. The number of terminal acetylenes is 1. The van der Waals surface area contributed by atoms with E-state index in [9.17, 15) is 16.9 Å². The maximum absolute atomic E-state index is 13.6. The molecule has 92 valence electrons. The predicted molar refractivity (Wildman–Crippen MR) is 59.2 cm³/mol. The second-order valence-electron chi connectivity index (χ2n) is 3.08. The number of halogens is 3. The van der Waals surface area contributed by atoms with Crippen molar-refractivity contribution >= 4 is 16.0 Å². The molecule has 0 aliphatic rings. The third-order valence-electron chi connectivity index (χ3n) is 1.84. The van der Waals surface area contributed by atoms with Gasteiger partial charge in [-0.3, -0.25) is 0 Å². The summed E-state index contributed by atoms with van der Waals surface area (Å²) in [6, 6.07) is 2.87.